The van der Waals surface area contributed by atoms with Gasteiger partial charge in [-0.05, 0) is 0 Å². The minimum Gasteiger partial charge on any atom is -0.384 e. The van der Waals surface area contributed by atoms with Gasteiger partial charge in [0, 0.05) is 19.2 Å². The zero-order valence-electron chi connectivity index (χ0n) is 9.04. The summed E-state index contributed by atoms with van der Waals surface area (Å²) in [5.41, 5.74) is 6.31. The van der Waals surface area contributed by atoms with Crippen molar-refractivity contribution in [3.8, 4) is 11.4 Å². The average Bonchev–Trinajstić information content (AvgIpc) is 2.71. The third kappa shape index (κ3) is 1.95. The highest BCUT2D eigenvalue weighted by Gasteiger charge is 2.15. The molecule has 0 radical (unpaired) electrons. The first-order valence-corrected chi connectivity index (χ1v) is 5.07. The molecule has 2 rings (SSSR count). The molecule has 0 bridgehead atoms. The first kappa shape index (κ1) is 10.8. The summed E-state index contributed by atoms with van der Waals surface area (Å²) in [4.78, 5) is 4.27. The Hall–Kier alpha value is -1.72. The van der Waals surface area contributed by atoms with E-state index < -0.39 is 6.10 Å². The fourth-order valence-electron chi connectivity index (χ4n) is 1.50. The van der Waals surface area contributed by atoms with Crippen LogP contribution in [0.25, 0.3) is 11.4 Å². The van der Waals surface area contributed by atoms with Gasteiger partial charge in [-0.3, -0.25) is 4.68 Å². The maximum absolute atomic E-state index is 9.62. The minimum atomic E-state index is -0.769. The summed E-state index contributed by atoms with van der Waals surface area (Å²) in [7, 11) is 1.74. The Bertz CT molecular complexity index is 466. The van der Waals surface area contributed by atoms with E-state index in [2.05, 4.69) is 10.1 Å². The first-order chi connectivity index (χ1) is 7.72. The number of aromatic nitrogens is 3. The van der Waals surface area contributed by atoms with Gasteiger partial charge in [-0.15, -0.1) is 0 Å². The van der Waals surface area contributed by atoms with Crippen molar-refractivity contribution in [1.29, 1.82) is 0 Å². The molecule has 0 saturated carbocycles. The van der Waals surface area contributed by atoms with Crippen LogP contribution in [0.4, 0.5) is 0 Å². The summed E-state index contributed by atoms with van der Waals surface area (Å²) in [5, 5.41) is 13.9. The lowest BCUT2D eigenvalue weighted by molar-refractivity contribution is 0.172. The Balaban J connectivity index is 2.38. The summed E-state index contributed by atoms with van der Waals surface area (Å²) in [6, 6.07) is 9.62. The number of aliphatic hydroxyl groups excluding tert-OH is 1. The molecule has 0 spiro atoms. The Labute approximate surface area is 93.5 Å². The smallest absolute Gasteiger partial charge is 0.181 e. The third-order valence-corrected chi connectivity index (χ3v) is 2.35. The van der Waals surface area contributed by atoms with E-state index in [0.29, 0.717) is 11.6 Å². The molecule has 0 aliphatic rings. The zero-order valence-corrected chi connectivity index (χ0v) is 9.04. The second-order valence-electron chi connectivity index (χ2n) is 3.53. The molecule has 84 valence electrons. The molecule has 0 saturated heterocycles. The average molecular weight is 218 g/mol. The van der Waals surface area contributed by atoms with Crippen molar-refractivity contribution in [2.75, 3.05) is 6.54 Å². The van der Waals surface area contributed by atoms with Crippen LogP contribution < -0.4 is 5.73 Å². The number of hydrogen-bond acceptors (Lipinski definition) is 4. The molecule has 1 unspecified atom stereocenters. The van der Waals surface area contributed by atoms with Crippen LogP contribution in [0.15, 0.2) is 30.3 Å². The van der Waals surface area contributed by atoms with Crippen molar-refractivity contribution in [2.45, 2.75) is 6.10 Å². The lowest BCUT2D eigenvalue weighted by Crippen LogP contribution is -2.15. The van der Waals surface area contributed by atoms with Crippen LogP contribution in [0.3, 0.4) is 0 Å². The monoisotopic (exact) mass is 218 g/mol. The highest BCUT2D eigenvalue weighted by molar-refractivity contribution is 5.54. The predicted octanol–water partition coefficient (Wildman–Crippen LogP) is 0.474. The van der Waals surface area contributed by atoms with E-state index >= 15 is 0 Å². The van der Waals surface area contributed by atoms with Crippen molar-refractivity contribution in [1.82, 2.24) is 14.8 Å². The van der Waals surface area contributed by atoms with Gasteiger partial charge in [0.1, 0.15) is 6.10 Å². The quantitative estimate of drug-likeness (QED) is 0.785. The summed E-state index contributed by atoms with van der Waals surface area (Å²) >= 11 is 0. The van der Waals surface area contributed by atoms with Gasteiger partial charge in [0.2, 0.25) is 0 Å². The number of hydrogen-bond donors (Lipinski definition) is 2. The van der Waals surface area contributed by atoms with E-state index in [1.165, 1.54) is 0 Å². The highest BCUT2D eigenvalue weighted by Crippen LogP contribution is 2.17. The van der Waals surface area contributed by atoms with Crippen LogP contribution in [-0.2, 0) is 7.05 Å². The Morgan fingerprint density at radius 1 is 1.38 bits per heavy atom. The third-order valence-electron chi connectivity index (χ3n) is 2.35. The molecular formula is C11H14N4O. The SMILES string of the molecule is Cn1nc(-c2ccccc2)nc1C(O)CN. The topological polar surface area (TPSA) is 77.0 Å². The van der Waals surface area contributed by atoms with Crippen molar-refractivity contribution < 1.29 is 5.11 Å². The molecule has 1 aromatic heterocycles. The van der Waals surface area contributed by atoms with E-state index in [9.17, 15) is 5.11 Å². The van der Waals surface area contributed by atoms with Crippen LogP contribution in [-0.4, -0.2) is 26.4 Å². The van der Waals surface area contributed by atoms with Crippen LogP contribution in [0, 0.1) is 0 Å². The maximum Gasteiger partial charge on any atom is 0.181 e. The van der Waals surface area contributed by atoms with Gasteiger partial charge >= 0.3 is 0 Å². The summed E-state index contributed by atoms with van der Waals surface area (Å²) in [6.45, 7) is 0.140. The van der Waals surface area contributed by atoms with Crippen LogP contribution in [0.1, 0.15) is 11.9 Å². The molecule has 1 heterocycles. The number of benzene rings is 1. The molecule has 1 aromatic carbocycles. The lowest BCUT2D eigenvalue weighted by Gasteiger charge is -2.04. The molecule has 0 fully saturated rings. The van der Waals surface area contributed by atoms with Crippen molar-refractivity contribution in [2.24, 2.45) is 12.8 Å². The Morgan fingerprint density at radius 3 is 2.69 bits per heavy atom. The lowest BCUT2D eigenvalue weighted by atomic mass is 10.2. The van der Waals surface area contributed by atoms with Gasteiger partial charge in [0.25, 0.3) is 0 Å². The zero-order chi connectivity index (χ0) is 11.5. The standard InChI is InChI=1S/C11H14N4O/c1-15-11(9(16)7-12)13-10(14-15)8-5-3-2-4-6-8/h2-6,9,16H,7,12H2,1H3. The summed E-state index contributed by atoms with van der Waals surface area (Å²) < 4.78 is 1.56. The number of nitrogens with zero attached hydrogens (tertiary/aromatic N) is 3. The van der Waals surface area contributed by atoms with E-state index in [-0.39, 0.29) is 6.54 Å². The Kier molecular flexibility index (Phi) is 2.98. The van der Waals surface area contributed by atoms with Crippen LogP contribution in [0.5, 0.6) is 0 Å². The normalized spacial score (nSPS) is 12.7. The summed E-state index contributed by atoms with van der Waals surface area (Å²) in [6.07, 6.45) is -0.769. The second-order valence-corrected chi connectivity index (χ2v) is 3.53. The summed E-state index contributed by atoms with van der Waals surface area (Å²) in [5.74, 6) is 1.09. The molecule has 0 amide bonds. The predicted molar refractivity (Wildman–Crippen MR) is 60.5 cm³/mol. The van der Waals surface area contributed by atoms with Crippen molar-refractivity contribution in [3.05, 3.63) is 36.2 Å². The molecule has 1 atom stereocenters. The number of aliphatic hydroxyl groups is 1. The van der Waals surface area contributed by atoms with Gasteiger partial charge in [-0.2, -0.15) is 5.10 Å². The molecule has 2 aromatic rings. The first-order valence-electron chi connectivity index (χ1n) is 5.07. The number of rotatable bonds is 3. The molecule has 5 nitrogen and oxygen atoms in total. The number of aryl methyl sites for hydroxylation is 1. The molecule has 16 heavy (non-hydrogen) atoms. The van der Waals surface area contributed by atoms with Crippen molar-refractivity contribution in [3.63, 3.8) is 0 Å². The molecule has 0 aliphatic heterocycles. The van der Waals surface area contributed by atoms with Gasteiger partial charge in [0.15, 0.2) is 11.6 Å². The van der Waals surface area contributed by atoms with Gasteiger partial charge in [0.05, 0.1) is 0 Å². The van der Waals surface area contributed by atoms with Crippen LogP contribution in [0.2, 0.25) is 0 Å². The Morgan fingerprint density at radius 2 is 2.06 bits per heavy atom. The second kappa shape index (κ2) is 4.42. The van der Waals surface area contributed by atoms with E-state index in [1.807, 2.05) is 30.3 Å². The minimum absolute atomic E-state index is 0.140. The molecular weight excluding hydrogens is 204 g/mol. The van der Waals surface area contributed by atoms with Crippen molar-refractivity contribution >= 4 is 0 Å². The van der Waals surface area contributed by atoms with Gasteiger partial charge < -0.3 is 10.8 Å². The van der Waals surface area contributed by atoms with E-state index in [1.54, 1.807) is 11.7 Å². The van der Waals surface area contributed by atoms with E-state index in [4.69, 9.17) is 5.73 Å². The highest BCUT2D eigenvalue weighted by atomic mass is 16.3. The molecule has 3 N–H and O–H groups in total. The molecule has 0 aliphatic carbocycles. The maximum atomic E-state index is 9.62. The number of nitrogens with two attached hydrogens (primary N) is 1. The molecule has 5 heteroatoms. The largest absolute Gasteiger partial charge is 0.384 e. The van der Waals surface area contributed by atoms with Gasteiger partial charge in [-0.1, -0.05) is 30.3 Å². The van der Waals surface area contributed by atoms with E-state index in [0.717, 1.165) is 5.56 Å². The van der Waals surface area contributed by atoms with Gasteiger partial charge in [-0.25, -0.2) is 4.98 Å². The fraction of sp³-hybridized carbons (Fsp3) is 0.273. The fourth-order valence-corrected chi connectivity index (χ4v) is 1.50. The van der Waals surface area contributed by atoms with Crippen LogP contribution >= 0.6 is 0 Å².